The Hall–Kier alpha value is -1.50. The molecule has 0 bridgehead atoms. The first-order valence-corrected chi connectivity index (χ1v) is 7.41. The van der Waals surface area contributed by atoms with E-state index in [0.717, 1.165) is 38.1 Å². The van der Waals surface area contributed by atoms with E-state index in [0.29, 0.717) is 17.8 Å². The van der Waals surface area contributed by atoms with E-state index in [1.54, 1.807) is 0 Å². The summed E-state index contributed by atoms with van der Waals surface area (Å²) in [4.78, 5) is 11.1. The summed E-state index contributed by atoms with van der Waals surface area (Å²) in [5.41, 5.74) is 0. The molecule has 2 aliphatic rings. The van der Waals surface area contributed by atoms with Crippen LogP contribution in [0.15, 0.2) is 0 Å². The van der Waals surface area contributed by atoms with Crippen molar-refractivity contribution in [2.75, 3.05) is 6.54 Å². The van der Waals surface area contributed by atoms with Crippen molar-refractivity contribution in [3.05, 3.63) is 5.82 Å². The van der Waals surface area contributed by atoms with E-state index in [1.807, 2.05) is 0 Å². The predicted molar refractivity (Wildman–Crippen MR) is 70.9 cm³/mol. The lowest BCUT2D eigenvalue weighted by Gasteiger charge is -2.41. The van der Waals surface area contributed by atoms with Gasteiger partial charge in [-0.05, 0) is 60.4 Å². The van der Waals surface area contributed by atoms with Crippen molar-refractivity contribution in [2.24, 2.45) is 17.8 Å². The molecule has 7 heteroatoms. The Balaban J connectivity index is 1.52. The number of aromatic nitrogens is 4. The first-order valence-electron chi connectivity index (χ1n) is 7.41. The molecule has 7 nitrogen and oxygen atoms in total. The fraction of sp³-hybridized carbons (Fsp3) is 0.846. The average molecular weight is 279 g/mol. The lowest BCUT2D eigenvalue weighted by Crippen LogP contribution is -2.49. The third-order valence-electron chi connectivity index (χ3n) is 4.89. The second-order valence-electron chi connectivity index (χ2n) is 6.12. The lowest BCUT2D eigenvalue weighted by molar-refractivity contribution is -0.141. The van der Waals surface area contributed by atoms with E-state index in [9.17, 15) is 4.79 Å². The van der Waals surface area contributed by atoms with Crippen molar-refractivity contribution in [3.63, 3.8) is 0 Å². The number of aliphatic carboxylic acids is 1. The number of fused-ring (bicyclic) bond motifs is 1. The molecule has 1 aliphatic carbocycles. The second kappa shape index (κ2) is 5.87. The number of hydrogen-bond acceptors (Lipinski definition) is 5. The molecule has 0 amide bonds. The van der Waals surface area contributed by atoms with Gasteiger partial charge in [0.1, 0.15) is 11.9 Å². The Labute approximate surface area is 117 Å². The highest BCUT2D eigenvalue weighted by molar-refractivity contribution is 5.73. The third-order valence-corrected chi connectivity index (χ3v) is 4.89. The molecule has 1 saturated heterocycles. The van der Waals surface area contributed by atoms with Crippen LogP contribution < -0.4 is 5.32 Å². The topological polar surface area (TPSA) is 104 Å². The first kappa shape index (κ1) is 13.5. The quantitative estimate of drug-likeness (QED) is 0.746. The molecule has 0 spiro atoms. The van der Waals surface area contributed by atoms with Crippen molar-refractivity contribution in [1.82, 2.24) is 25.9 Å². The molecule has 1 saturated carbocycles. The highest BCUT2D eigenvalue weighted by Gasteiger charge is 2.37. The molecule has 20 heavy (non-hydrogen) atoms. The summed E-state index contributed by atoms with van der Waals surface area (Å²) >= 11 is 0. The monoisotopic (exact) mass is 279 g/mol. The molecule has 1 aromatic heterocycles. The summed E-state index contributed by atoms with van der Waals surface area (Å²) in [5, 5.41) is 26.2. The van der Waals surface area contributed by atoms with Gasteiger partial charge in [-0.1, -0.05) is 6.42 Å². The van der Waals surface area contributed by atoms with Crippen LogP contribution in [0.5, 0.6) is 0 Å². The molecule has 1 aliphatic heterocycles. The second-order valence-corrected chi connectivity index (χ2v) is 6.12. The van der Waals surface area contributed by atoms with Gasteiger partial charge in [0.15, 0.2) is 0 Å². The predicted octanol–water partition coefficient (Wildman–Crippen LogP) is 0.611. The van der Waals surface area contributed by atoms with Gasteiger partial charge in [0.25, 0.3) is 0 Å². The van der Waals surface area contributed by atoms with E-state index in [1.165, 1.54) is 12.8 Å². The number of carboxylic acids is 1. The molecule has 2 heterocycles. The van der Waals surface area contributed by atoms with Crippen molar-refractivity contribution >= 4 is 5.97 Å². The van der Waals surface area contributed by atoms with Gasteiger partial charge in [0.05, 0.1) is 0 Å². The van der Waals surface area contributed by atoms with Crippen molar-refractivity contribution in [2.45, 2.75) is 44.6 Å². The molecule has 0 radical (unpaired) electrons. The van der Waals surface area contributed by atoms with Crippen LogP contribution in [0.2, 0.25) is 0 Å². The molecule has 2 fully saturated rings. The molecule has 4 atom stereocenters. The summed E-state index contributed by atoms with van der Waals surface area (Å²) in [6, 6.07) is -0.353. The van der Waals surface area contributed by atoms with Crippen LogP contribution in [0.25, 0.3) is 0 Å². The van der Waals surface area contributed by atoms with Crippen LogP contribution in [-0.2, 0) is 11.2 Å². The zero-order valence-electron chi connectivity index (χ0n) is 11.5. The Morgan fingerprint density at radius 3 is 2.95 bits per heavy atom. The highest BCUT2D eigenvalue weighted by Crippen LogP contribution is 2.40. The summed E-state index contributed by atoms with van der Waals surface area (Å²) < 4.78 is 0. The maximum atomic E-state index is 11.1. The molecule has 1 aromatic rings. The standard InChI is InChI=1S/C13H21N5O2/c19-13(20)11-6-10-5-8(1-3-9(10)7-14-11)2-4-12-15-17-18-16-12/h8-11,14H,1-7H2,(H,19,20)(H,15,16,17,18)/t8?,9-,10?,11?/m0/s1. The third kappa shape index (κ3) is 2.98. The Morgan fingerprint density at radius 2 is 2.20 bits per heavy atom. The molecular weight excluding hydrogens is 258 g/mol. The average Bonchev–Trinajstić information content (AvgIpc) is 2.97. The van der Waals surface area contributed by atoms with E-state index in [4.69, 9.17) is 5.11 Å². The zero-order chi connectivity index (χ0) is 13.9. The number of rotatable bonds is 4. The number of H-pyrrole nitrogens is 1. The summed E-state index contributed by atoms with van der Waals surface area (Å²) in [7, 11) is 0. The van der Waals surface area contributed by atoms with Crippen LogP contribution in [0, 0.1) is 17.8 Å². The number of carboxylic acid groups (broad SMARTS) is 1. The lowest BCUT2D eigenvalue weighted by atomic mass is 9.69. The number of nitrogens with one attached hydrogen (secondary N) is 2. The molecular formula is C13H21N5O2. The van der Waals surface area contributed by atoms with Gasteiger partial charge in [0.2, 0.25) is 0 Å². The summed E-state index contributed by atoms with van der Waals surface area (Å²) in [6.07, 6.45) is 6.35. The van der Waals surface area contributed by atoms with Crippen LogP contribution >= 0.6 is 0 Å². The van der Waals surface area contributed by atoms with Gasteiger partial charge >= 0.3 is 5.97 Å². The molecule has 110 valence electrons. The number of nitrogens with zero attached hydrogens (tertiary/aromatic N) is 3. The number of aromatic amines is 1. The molecule has 3 rings (SSSR count). The van der Waals surface area contributed by atoms with Gasteiger partial charge in [-0.2, -0.15) is 0 Å². The smallest absolute Gasteiger partial charge is 0.320 e. The zero-order valence-corrected chi connectivity index (χ0v) is 11.5. The maximum Gasteiger partial charge on any atom is 0.320 e. The number of piperidine rings is 1. The van der Waals surface area contributed by atoms with Crippen molar-refractivity contribution in [1.29, 1.82) is 0 Å². The number of carbonyl (C=O) groups is 1. The minimum Gasteiger partial charge on any atom is -0.480 e. The maximum absolute atomic E-state index is 11.1. The van der Waals surface area contributed by atoms with Gasteiger partial charge in [-0.25, -0.2) is 5.10 Å². The first-order chi connectivity index (χ1) is 9.72. The number of tetrazole rings is 1. The molecule has 3 unspecified atom stereocenters. The minimum absolute atomic E-state index is 0.353. The summed E-state index contributed by atoms with van der Waals surface area (Å²) in [6.45, 7) is 0.861. The van der Waals surface area contributed by atoms with Crippen LogP contribution in [0.3, 0.4) is 0 Å². The molecule has 3 N–H and O–H groups in total. The fourth-order valence-electron chi connectivity index (χ4n) is 3.74. The van der Waals surface area contributed by atoms with Crippen LogP contribution in [0.1, 0.15) is 37.9 Å². The Morgan fingerprint density at radius 1 is 1.30 bits per heavy atom. The van der Waals surface area contributed by atoms with Crippen LogP contribution in [0.4, 0.5) is 0 Å². The van der Waals surface area contributed by atoms with E-state index >= 15 is 0 Å². The summed E-state index contributed by atoms with van der Waals surface area (Å²) in [5.74, 6) is 2.03. The fourth-order valence-corrected chi connectivity index (χ4v) is 3.74. The Bertz CT molecular complexity index is 450. The number of hydrogen-bond donors (Lipinski definition) is 3. The van der Waals surface area contributed by atoms with Gasteiger partial charge in [0, 0.05) is 6.42 Å². The van der Waals surface area contributed by atoms with Crippen molar-refractivity contribution in [3.8, 4) is 0 Å². The normalized spacial score (nSPS) is 33.6. The largest absolute Gasteiger partial charge is 0.480 e. The van der Waals surface area contributed by atoms with E-state index in [2.05, 4.69) is 25.9 Å². The SMILES string of the molecule is O=C(O)C1CC2CC(CCc3nnn[nH]3)CC[C@H]2CN1. The van der Waals surface area contributed by atoms with Crippen LogP contribution in [-0.4, -0.2) is 44.3 Å². The van der Waals surface area contributed by atoms with Gasteiger partial charge in [-0.15, -0.1) is 5.10 Å². The van der Waals surface area contributed by atoms with Crippen molar-refractivity contribution < 1.29 is 9.90 Å². The minimum atomic E-state index is -0.710. The van der Waals surface area contributed by atoms with E-state index in [-0.39, 0.29) is 6.04 Å². The van der Waals surface area contributed by atoms with E-state index < -0.39 is 5.97 Å². The molecule has 0 aromatic carbocycles. The van der Waals surface area contributed by atoms with Gasteiger partial charge < -0.3 is 10.4 Å². The Kier molecular flexibility index (Phi) is 3.95. The highest BCUT2D eigenvalue weighted by atomic mass is 16.4. The number of aryl methyl sites for hydroxylation is 1. The van der Waals surface area contributed by atoms with Gasteiger partial charge in [-0.3, -0.25) is 4.79 Å².